The van der Waals surface area contributed by atoms with Crippen LogP contribution in [0.4, 0.5) is 0 Å². The van der Waals surface area contributed by atoms with Crippen molar-refractivity contribution in [1.29, 1.82) is 0 Å². The predicted octanol–water partition coefficient (Wildman–Crippen LogP) is 1.37. The van der Waals surface area contributed by atoms with Gasteiger partial charge in [-0.3, -0.25) is 0 Å². The molecule has 0 aromatic rings. The van der Waals surface area contributed by atoms with Crippen molar-refractivity contribution >= 4 is 0 Å². The number of methoxy groups -OCH3 is 1. The van der Waals surface area contributed by atoms with E-state index >= 15 is 0 Å². The van der Waals surface area contributed by atoms with Crippen molar-refractivity contribution < 1.29 is 4.74 Å². The Morgan fingerprint density at radius 3 is 2.60 bits per heavy atom. The first-order chi connectivity index (χ1) is 4.76. The van der Waals surface area contributed by atoms with Gasteiger partial charge in [-0.1, -0.05) is 6.92 Å². The maximum atomic E-state index is 10.1. The molecule has 0 fully saturated rings. The molecule has 0 bridgehead atoms. The summed E-state index contributed by atoms with van der Waals surface area (Å²) in [4.78, 5) is 10.1. The van der Waals surface area contributed by atoms with Crippen molar-refractivity contribution in [2.75, 3.05) is 13.8 Å². The molecule has 0 aromatic carbocycles. The van der Waals surface area contributed by atoms with Crippen LogP contribution >= 0.6 is 0 Å². The van der Waals surface area contributed by atoms with E-state index in [0.29, 0.717) is 0 Å². The highest BCUT2D eigenvalue weighted by Gasteiger charge is 2.08. The molecule has 0 heterocycles. The molecular formula is C6H14N2O2. The molecule has 1 unspecified atom stereocenters. The monoisotopic (exact) mass is 146 g/mol. The lowest BCUT2D eigenvalue weighted by Crippen LogP contribution is -2.28. The molecule has 10 heavy (non-hydrogen) atoms. The van der Waals surface area contributed by atoms with Crippen LogP contribution < -0.4 is 0 Å². The first-order valence-electron chi connectivity index (χ1n) is 3.35. The summed E-state index contributed by atoms with van der Waals surface area (Å²) < 4.78 is 4.75. The third kappa shape index (κ3) is 2.77. The Labute approximate surface area is 61.1 Å². The van der Waals surface area contributed by atoms with Gasteiger partial charge in [0.15, 0.2) is 0 Å². The maximum absolute atomic E-state index is 10.1. The molecule has 0 aliphatic heterocycles. The third-order valence-corrected chi connectivity index (χ3v) is 1.47. The Balaban J connectivity index is 3.67. The molecule has 60 valence electrons. The van der Waals surface area contributed by atoms with E-state index in [-0.39, 0.29) is 12.8 Å². The van der Waals surface area contributed by atoms with Crippen LogP contribution in [-0.4, -0.2) is 24.9 Å². The van der Waals surface area contributed by atoms with Gasteiger partial charge in [-0.05, 0) is 13.3 Å². The van der Waals surface area contributed by atoms with Crippen LogP contribution in [-0.2, 0) is 4.74 Å². The molecular weight excluding hydrogens is 132 g/mol. The van der Waals surface area contributed by atoms with Crippen molar-refractivity contribution in [2.45, 2.75) is 26.3 Å². The largest absolute Gasteiger partial charge is 0.363 e. The zero-order chi connectivity index (χ0) is 7.98. The topological polar surface area (TPSA) is 41.9 Å². The van der Waals surface area contributed by atoms with Crippen molar-refractivity contribution in [3.05, 3.63) is 4.91 Å². The Bertz CT molecular complexity index is 97.7. The third-order valence-electron chi connectivity index (χ3n) is 1.47. The summed E-state index contributed by atoms with van der Waals surface area (Å²) in [7, 11) is 1.54. The van der Waals surface area contributed by atoms with E-state index in [9.17, 15) is 4.91 Å². The lowest BCUT2D eigenvalue weighted by atomic mass is 10.3. The van der Waals surface area contributed by atoms with Gasteiger partial charge in [0.05, 0.1) is 5.29 Å². The van der Waals surface area contributed by atoms with Gasteiger partial charge in [-0.25, -0.2) is 5.01 Å². The van der Waals surface area contributed by atoms with Crippen LogP contribution in [0, 0.1) is 4.91 Å². The summed E-state index contributed by atoms with van der Waals surface area (Å²) >= 11 is 0. The summed E-state index contributed by atoms with van der Waals surface area (Å²) in [6.45, 7) is 4.21. The Morgan fingerprint density at radius 2 is 2.30 bits per heavy atom. The zero-order valence-corrected chi connectivity index (χ0v) is 6.70. The first-order valence-corrected chi connectivity index (χ1v) is 3.35. The molecule has 4 heteroatoms. The Kier molecular flexibility index (Phi) is 4.84. The van der Waals surface area contributed by atoms with E-state index in [0.717, 1.165) is 6.42 Å². The van der Waals surface area contributed by atoms with Crippen molar-refractivity contribution in [2.24, 2.45) is 5.29 Å². The lowest BCUT2D eigenvalue weighted by Gasteiger charge is -2.19. The molecule has 0 rings (SSSR count). The van der Waals surface area contributed by atoms with Gasteiger partial charge >= 0.3 is 0 Å². The number of nitrogens with zero attached hydrogens (tertiary/aromatic N) is 2. The van der Waals surface area contributed by atoms with Gasteiger partial charge in [0.2, 0.25) is 0 Å². The van der Waals surface area contributed by atoms with Crippen molar-refractivity contribution in [3.8, 4) is 0 Å². The standard InChI is InChI=1S/C6H14N2O2/c1-4-6(2)8(7-9)5-10-3/h6H,4-5H2,1-3H3. The quantitative estimate of drug-likeness (QED) is 0.334. The minimum Gasteiger partial charge on any atom is -0.363 e. The second-order valence-corrected chi connectivity index (χ2v) is 2.20. The van der Waals surface area contributed by atoms with E-state index in [2.05, 4.69) is 5.29 Å². The molecule has 0 saturated carbocycles. The minimum atomic E-state index is 0.164. The molecule has 4 nitrogen and oxygen atoms in total. The van der Waals surface area contributed by atoms with E-state index < -0.39 is 0 Å². The predicted molar refractivity (Wildman–Crippen MR) is 39.3 cm³/mol. The highest BCUT2D eigenvalue weighted by Crippen LogP contribution is 2.02. The summed E-state index contributed by atoms with van der Waals surface area (Å²) in [5, 5.41) is 4.18. The van der Waals surface area contributed by atoms with E-state index in [1.807, 2.05) is 13.8 Å². The van der Waals surface area contributed by atoms with Gasteiger partial charge in [0.1, 0.15) is 6.73 Å². The lowest BCUT2D eigenvalue weighted by molar-refractivity contribution is 0.0374. The first kappa shape index (κ1) is 9.36. The fourth-order valence-electron chi connectivity index (χ4n) is 0.574. The van der Waals surface area contributed by atoms with Crippen molar-refractivity contribution in [1.82, 2.24) is 5.01 Å². The van der Waals surface area contributed by atoms with Crippen LogP contribution in [0.15, 0.2) is 5.29 Å². The van der Waals surface area contributed by atoms with E-state index in [1.54, 1.807) is 7.11 Å². The molecule has 0 spiro atoms. The van der Waals surface area contributed by atoms with Crippen LogP contribution in [0.5, 0.6) is 0 Å². The molecule has 0 N–H and O–H groups in total. The number of rotatable bonds is 5. The van der Waals surface area contributed by atoms with Gasteiger partial charge < -0.3 is 4.74 Å². The van der Waals surface area contributed by atoms with Crippen LogP contribution in [0.2, 0.25) is 0 Å². The molecule has 0 radical (unpaired) electrons. The molecule has 0 aliphatic rings. The average molecular weight is 146 g/mol. The number of hydrogen-bond donors (Lipinski definition) is 0. The second-order valence-electron chi connectivity index (χ2n) is 2.20. The fraction of sp³-hybridized carbons (Fsp3) is 1.00. The summed E-state index contributed by atoms with van der Waals surface area (Å²) in [5.74, 6) is 0. The maximum Gasteiger partial charge on any atom is 0.137 e. The molecule has 0 saturated heterocycles. The molecule has 0 aliphatic carbocycles. The summed E-state index contributed by atoms with van der Waals surface area (Å²) in [6.07, 6.45) is 0.898. The average Bonchev–Trinajstić information content (AvgIpc) is 1.99. The van der Waals surface area contributed by atoms with Gasteiger partial charge in [-0.2, -0.15) is 0 Å². The molecule has 0 aromatic heterocycles. The molecule has 0 amide bonds. The van der Waals surface area contributed by atoms with Gasteiger partial charge in [0.25, 0.3) is 0 Å². The van der Waals surface area contributed by atoms with Crippen LogP contribution in [0.25, 0.3) is 0 Å². The Morgan fingerprint density at radius 1 is 1.70 bits per heavy atom. The smallest absolute Gasteiger partial charge is 0.137 e. The van der Waals surface area contributed by atoms with Gasteiger partial charge in [-0.15, -0.1) is 4.91 Å². The summed E-state index contributed by atoms with van der Waals surface area (Å²) in [5.41, 5.74) is 0. The highest BCUT2D eigenvalue weighted by atomic mass is 16.5. The van der Waals surface area contributed by atoms with E-state index in [4.69, 9.17) is 4.74 Å². The normalized spacial score (nSPS) is 12.7. The Hall–Kier alpha value is -0.640. The molecule has 1 atom stereocenters. The van der Waals surface area contributed by atoms with Crippen LogP contribution in [0.3, 0.4) is 0 Å². The number of ether oxygens (including phenoxy) is 1. The zero-order valence-electron chi connectivity index (χ0n) is 6.70. The minimum absolute atomic E-state index is 0.164. The van der Waals surface area contributed by atoms with E-state index in [1.165, 1.54) is 5.01 Å². The second kappa shape index (κ2) is 5.17. The van der Waals surface area contributed by atoms with Crippen molar-refractivity contribution in [3.63, 3.8) is 0 Å². The highest BCUT2D eigenvalue weighted by molar-refractivity contribution is 4.56. The SMILES string of the molecule is CCC(C)N(COC)N=O. The summed E-state index contributed by atoms with van der Waals surface area (Å²) in [6, 6.07) is 0.164. The van der Waals surface area contributed by atoms with Crippen LogP contribution in [0.1, 0.15) is 20.3 Å². The fourth-order valence-corrected chi connectivity index (χ4v) is 0.574. The number of hydrogen-bond acceptors (Lipinski definition) is 3. The number of nitroso groups, excluding NO2 is 1. The van der Waals surface area contributed by atoms with Gasteiger partial charge in [0, 0.05) is 13.2 Å².